The second kappa shape index (κ2) is 7.91. The minimum atomic E-state index is -0.991. The molecule has 0 bridgehead atoms. The Morgan fingerprint density at radius 1 is 1.00 bits per heavy atom. The van der Waals surface area contributed by atoms with Crippen molar-refractivity contribution in [2.45, 2.75) is 26.9 Å². The van der Waals surface area contributed by atoms with Gasteiger partial charge in [0.25, 0.3) is 0 Å². The van der Waals surface area contributed by atoms with Crippen LogP contribution in [0, 0.1) is 13.8 Å². The lowest BCUT2D eigenvalue weighted by Gasteiger charge is -2.10. The number of carboxylic acid groups (broad SMARTS) is 1. The van der Waals surface area contributed by atoms with E-state index in [1.807, 2.05) is 24.3 Å². The van der Waals surface area contributed by atoms with Crippen LogP contribution >= 0.6 is 0 Å². The van der Waals surface area contributed by atoms with Crippen LogP contribution in [0.2, 0.25) is 0 Å². The van der Waals surface area contributed by atoms with Crippen molar-refractivity contribution >= 4 is 17.9 Å². The van der Waals surface area contributed by atoms with E-state index >= 15 is 0 Å². The molecule has 1 aromatic heterocycles. The maximum Gasteiger partial charge on any atom is 0.344 e. The van der Waals surface area contributed by atoms with Gasteiger partial charge in [-0.25, -0.2) is 4.79 Å². The average molecular weight is 362 g/mol. The zero-order valence-electron chi connectivity index (χ0n) is 15.6. The van der Waals surface area contributed by atoms with Gasteiger partial charge in [0.1, 0.15) is 5.75 Å². The summed E-state index contributed by atoms with van der Waals surface area (Å²) >= 11 is 0. The van der Waals surface area contributed by atoms with E-state index in [1.165, 1.54) is 18.3 Å². The zero-order valence-corrected chi connectivity index (χ0v) is 15.6. The highest BCUT2D eigenvalue weighted by Gasteiger charge is 2.11. The van der Waals surface area contributed by atoms with E-state index in [1.54, 1.807) is 18.3 Å². The second-order valence-corrected chi connectivity index (χ2v) is 6.39. The Kier molecular flexibility index (Phi) is 5.41. The van der Waals surface area contributed by atoms with Gasteiger partial charge >= 0.3 is 5.97 Å². The van der Waals surface area contributed by atoms with Crippen molar-refractivity contribution in [1.29, 1.82) is 0 Å². The number of hydrogen-bond donors (Lipinski definition) is 1. The van der Waals surface area contributed by atoms with Crippen LogP contribution in [0.4, 0.5) is 5.69 Å². The van der Waals surface area contributed by atoms with Crippen molar-refractivity contribution in [3.05, 3.63) is 77.6 Å². The Hall–Kier alpha value is -3.34. The fourth-order valence-corrected chi connectivity index (χ4v) is 2.80. The first-order chi connectivity index (χ1) is 12.9. The van der Waals surface area contributed by atoms with E-state index < -0.39 is 12.1 Å². The molecule has 138 valence electrons. The number of nitrogens with zero attached hydrogens (tertiary/aromatic N) is 2. The lowest BCUT2D eigenvalue weighted by Crippen LogP contribution is -2.22. The standard InChI is InChI=1S/C22H22N2O3/c1-15-4-5-16(2)24(15)20-10-8-19(9-11-20)23-14-18-6-12-21(13-7-18)27-17(3)22(25)26/h4-14,17H,1-3H3,(H,25,26)/t17-/m1/s1. The number of aryl methyl sites for hydroxylation is 2. The number of rotatable bonds is 6. The monoisotopic (exact) mass is 362 g/mol. The van der Waals surface area contributed by atoms with E-state index in [2.05, 4.69) is 47.7 Å². The molecule has 0 unspecified atom stereocenters. The molecule has 5 nitrogen and oxygen atoms in total. The number of carboxylic acids is 1. The third-order valence-electron chi connectivity index (χ3n) is 4.28. The summed E-state index contributed by atoms with van der Waals surface area (Å²) < 4.78 is 7.51. The Morgan fingerprint density at radius 3 is 2.15 bits per heavy atom. The molecule has 1 heterocycles. The molecule has 3 aromatic rings. The van der Waals surface area contributed by atoms with Gasteiger partial charge in [0.2, 0.25) is 0 Å². The number of ether oxygens (including phenoxy) is 1. The highest BCUT2D eigenvalue weighted by molar-refractivity contribution is 5.82. The molecule has 0 radical (unpaired) electrons. The number of aliphatic carboxylic acids is 1. The third kappa shape index (κ3) is 4.44. The predicted octanol–water partition coefficient (Wildman–Crippen LogP) is 4.70. The van der Waals surface area contributed by atoms with E-state index in [0.717, 1.165) is 16.9 Å². The average Bonchev–Trinajstić information content (AvgIpc) is 3.00. The summed E-state index contributed by atoms with van der Waals surface area (Å²) in [5.41, 5.74) is 5.28. The Balaban J connectivity index is 1.68. The summed E-state index contributed by atoms with van der Waals surface area (Å²) in [6, 6.07) is 19.4. The summed E-state index contributed by atoms with van der Waals surface area (Å²) in [5.74, 6) is -0.474. The smallest absolute Gasteiger partial charge is 0.344 e. The van der Waals surface area contributed by atoms with E-state index in [-0.39, 0.29) is 0 Å². The van der Waals surface area contributed by atoms with Gasteiger partial charge in [-0.15, -0.1) is 0 Å². The second-order valence-electron chi connectivity index (χ2n) is 6.39. The maximum atomic E-state index is 10.8. The number of aliphatic imine (C=N–C) groups is 1. The molecular formula is C22H22N2O3. The molecule has 5 heteroatoms. The van der Waals surface area contributed by atoms with Gasteiger partial charge in [-0.05, 0) is 87.0 Å². The predicted molar refractivity (Wildman–Crippen MR) is 107 cm³/mol. The number of hydrogen-bond acceptors (Lipinski definition) is 3. The first-order valence-corrected chi connectivity index (χ1v) is 8.73. The molecule has 3 rings (SSSR count). The van der Waals surface area contributed by atoms with Crippen molar-refractivity contribution in [2.24, 2.45) is 4.99 Å². The van der Waals surface area contributed by atoms with Crippen LogP contribution in [0.25, 0.3) is 5.69 Å². The highest BCUT2D eigenvalue weighted by Crippen LogP contribution is 2.20. The number of carbonyl (C=O) groups is 1. The fraction of sp³-hybridized carbons (Fsp3) is 0.182. The van der Waals surface area contributed by atoms with Crippen molar-refractivity contribution in [3.8, 4) is 11.4 Å². The Bertz CT molecular complexity index is 935. The molecule has 0 saturated heterocycles. The largest absolute Gasteiger partial charge is 0.479 e. The van der Waals surface area contributed by atoms with Crippen LogP contribution in [-0.2, 0) is 4.79 Å². The normalized spacial score (nSPS) is 12.3. The highest BCUT2D eigenvalue weighted by atomic mass is 16.5. The molecule has 0 saturated carbocycles. The Morgan fingerprint density at radius 2 is 1.59 bits per heavy atom. The van der Waals surface area contributed by atoms with Crippen LogP contribution in [0.15, 0.2) is 65.7 Å². The number of aromatic nitrogens is 1. The molecule has 0 spiro atoms. The van der Waals surface area contributed by atoms with Crippen molar-refractivity contribution in [1.82, 2.24) is 4.57 Å². The lowest BCUT2D eigenvalue weighted by molar-refractivity contribution is -0.144. The van der Waals surface area contributed by atoms with Gasteiger partial charge in [0.15, 0.2) is 6.10 Å². The third-order valence-corrected chi connectivity index (χ3v) is 4.28. The van der Waals surface area contributed by atoms with Crippen molar-refractivity contribution in [2.75, 3.05) is 0 Å². The van der Waals surface area contributed by atoms with Crippen LogP contribution < -0.4 is 4.74 Å². The maximum absolute atomic E-state index is 10.8. The van der Waals surface area contributed by atoms with Crippen LogP contribution in [0.1, 0.15) is 23.9 Å². The van der Waals surface area contributed by atoms with E-state index in [0.29, 0.717) is 5.75 Å². The fourth-order valence-electron chi connectivity index (χ4n) is 2.80. The first-order valence-electron chi connectivity index (χ1n) is 8.73. The lowest BCUT2D eigenvalue weighted by atomic mass is 10.2. The zero-order chi connectivity index (χ0) is 19.4. The summed E-state index contributed by atoms with van der Waals surface area (Å²) in [7, 11) is 0. The molecule has 0 fully saturated rings. The van der Waals surface area contributed by atoms with Gasteiger partial charge in [-0.1, -0.05) is 0 Å². The molecule has 27 heavy (non-hydrogen) atoms. The summed E-state index contributed by atoms with van der Waals surface area (Å²) in [5, 5.41) is 8.87. The summed E-state index contributed by atoms with van der Waals surface area (Å²) in [6.07, 6.45) is 0.890. The van der Waals surface area contributed by atoms with Gasteiger partial charge in [-0.3, -0.25) is 4.99 Å². The summed E-state index contributed by atoms with van der Waals surface area (Å²) in [6.45, 7) is 5.67. The number of benzene rings is 2. The van der Waals surface area contributed by atoms with Crippen molar-refractivity contribution < 1.29 is 14.6 Å². The van der Waals surface area contributed by atoms with E-state index in [4.69, 9.17) is 9.84 Å². The molecule has 0 aliphatic heterocycles. The molecule has 2 aromatic carbocycles. The van der Waals surface area contributed by atoms with Gasteiger partial charge in [0.05, 0.1) is 5.69 Å². The summed E-state index contributed by atoms with van der Waals surface area (Å²) in [4.78, 5) is 15.3. The topological polar surface area (TPSA) is 63.8 Å². The molecule has 0 amide bonds. The van der Waals surface area contributed by atoms with Crippen LogP contribution in [0.3, 0.4) is 0 Å². The van der Waals surface area contributed by atoms with Gasteiger partial charge < -0.3 is 14.4 Å². The van der Waals surface area contributed by atoms with Gasteiger partial charge in [-0.2, -0.15) is 0 Å². The van der Waals surface area contributed by atoms with Gasteiger partial charge in [0, 0.05) is 23.3 Å². The molecule has 1 N–H and O–H groups in total. The quantitative estimate of drug-likeness (QED) is 0.647. The SMILES string of the molecule is Cc1ccc(C)n1-c1ccc(N=Cc2ccc(O[C@H](C)C(=O)O)cc2)cc1. The molecule has 0 aliphatic carbocycles. The Labute approximate surface area is 158 Å². The molecular weight excluding hydrogens is 340 g/mol. The van der Waals surface area contributed by atoms with Crippen LogP contribution in [0.5, 0.6) is 5.75 Å². The van der Waals surface area contributed by atoms with Crippen molar-refractivity contribution in [3.63, 3.8) is 0 Å². The van der Waals surface area contributed by atoms with Crippen LogP contribution in [-0.4, -0.2) is 28.0 Å². The first kappa shape index (κ1) is 18.5. The minimum Gasteiger partial charge on any atom is -0.479 e. The minimum absolute atomic E-state index is 0.517. The van der Waals surface area contributed by atoms with E-state index in [9.17, 15) is 4.79 Å². The molecule has 0 aliphatic rings. The molecule has 1 atom stereocenters.